The van der Waals surface area contributed by atoms with E-state index in [1.807, 2.05) is 54.4 Å². The van der Waals surface area contributed by atoms with E-state index in [1.165, 1.54) is 67.2 Å². The number of hydrogen-bond donors (Lipinski definition) is 2. The molecule has 2 amide bonds. The lowest BCUT2D eigenvalue weighted by atomic mass is 9.67. The maximum absolute atomic E-state index is 13.5. The zero-order valence-electron chi connectivity index (χ0n) is 39.0. The van der Waals surface area contributed by atoms with Gasteiger partial charge in [-0.25, -0.2) is 9.97 Å². The fraction of sp³-hybridized carbons (Fsp3) is 0.233. The summed E-state index contributed by atoms with van der Waals surface area (Å²) in [5.41, 5.74) is 14.0. The Hall–Kier alpha value is -7.14. The van der Waals surface area contributed by atoms with Crippen LogP contribution in [0.5, 0.6) is 0 Å². The first-order valence-corrected chi connectivity index (χ1v) is 26.2. The molecule has 2 spiro atoms. The number of aromatic nitrogens is 4. The topological polar surface area (TPSA) is 110 Å². The Balaban J connectivity index is 0.000000152. The van der Waals surface area contributed by atoms with E-state index in [9.17, 15) is 9.59 Å². The molecule has 0 radical (unpaired) electrons. The predicted molar refractivity (Wildman–Crippen MR) is 283 cm³/mol. The smallest absolute Gasteiger partial charge is 0.230 e. The van der Waals surface area contributed by atoms with E-state index in [2.05, 4.69) is 147 Å². The van der Waals surface area contributed by atoms with Crippen molar-refractivity contribution in [1.82, 2.24) is 19.9 Å². The van der Waals surface area contributed by atoms with Crippen LogP contribution in [0.25, 0.3) is 22.3 Å². The summed E-state index contributed by atoms with van der Waals surface area (Å²) in [6, 6.07) is 42.3. The lowest BCUT2D eigenvalue weighted by Crippen LogP contribution is -2.40. The molecule has 4 atom stereocenters. The first-order chi connectivity index (χ1) is 34.4. The van der Waals surface area contributed by atoms with Gasteiger partial charge in [-0.15, -0.1) is 22.7 Å². The van der Waals surface area contributed by atoms with Crippen molar-refractivity contribution in [3.8, 4) is 22.3 Å². The summed E-state index contributed by atoms with van der Waals surface area (Å²) in [5, 5.41) is 11.8. The molecule has 12 rings (SSSR count). The molecule has 0 saturated heterocycles. The van der Waals surface area contributed by atoms with Gasteiger partial charge in [0.15, 0.2) is 10.3 Å². The first kappa shape index (κ1) is 45.3. The van der Waals surface area contributed by atoms with E-state index < -0.39 is 0 Å². The van der Waals surface area contributed by atoms with Crippen molar-refractivity contribution in [2.45, 2.75) is 75.0 Å². The summed E-state index contributed by atoms with van der Waals surface area (Å²) in [6.45, 7) is 0. The SMILES string of the molecule is O=C(Nc1nc(Cc2ccc(-c3ccncc3)cc2)cs1)C1Cc2ccccc2C12C=CCCC2.O=C(Nc1nc(Cc2ccc(-c3ccncc3)cc2)cs1)C1Cc2ccccc2C12CC=CCC2. The summed E-state index contributed by atoms with van der Waals surface area (Å²) < 4.78 is 0. The van der Waals surface area contributed by atoms with Crippen LogP contribution in [0.4, 0.5) is 10.3 Å². The average molecular weight is 955 g/mol. The molecule has 348 valence electrons. The average Bonchev–Trinajstić information content (AvgIpc) is 4.20. The number of nitrogens with one attached hydrogen (secondary N) is 2. The van der Waals surface area contributed by atoms with E-state index in [4.69, 9.17) is 9.97 Å². The van der Waals surface area contributed by atoms with Crippen LogP contribution in [-0.2, 0) is 46.1 Å². The number of anilines is 2. The zero-order chi connectivity index (χ0) is 47.3. The standard InChI is InChI=1S/2C30H27N3OS/c2*34-28(27-19-24-6-2-3-7-26(24)30(27)14-4-1-5-15-30)33-29-32-25(20-35-29)18-21-8-10-22(11-9-21)23-12-16-31-17-13-23/h2-4,6-14,16-17,20,27H,1,5,15,18-19H2,(H,32,33,34);1-4,6-13,16-17,20,27H,5,14-15,18-19H2,(H,32,33,34). The number of nitrogens with zero attached hydrogens (tertiary/aromatic N) is 4. The van der Waals surface area contributed by atoms with Crippen LogP contribution in [0.1, 0.15) is 83.3 Å². The molecule has 0 bridgehead atoms. The summed E-state index contributed by atoms with van der Waals surface area (Å²) >= 11 is 3.02. The van der Waals surface area contributed by atoms with Gasteiger partial charge in [-0.05, 0) is 131 Å². The highest BCUT2D eigenvalue weighted by molar-refractivity contribution is 7.14. The molecule has 4 aliphatic carbocycles. The quantitative estimate of drug-likeness (QED) is 0.132. The van der Waals surface area contributed by atoms with Crippen LogP contribution in [0, 0.1) is 11.8 Å². The molecule has 4 aliphatic rings. The molecule has 4 unspecified atom stereocenters. The number of benzene rings is 4. The van der Waals surface area contributed by atoms with Crippen LogP contribution in [0.15, 0.2) is 181 Å². The first-order valence-electron chi connectivity index (χ1n) is 24.4. The number of fused-ring (bicyclic) bond motifs is 4. The van der Waals surface area contributed by atoms with Crippen molar-refractivity contribution in [3.63, 3.8) is 0 Å². The molecule has 4 aromatic carbocycles. The Bertz CT molecular complexity index is 3180. The summed E-state index contributed by atoms with van der Waals surface area (Å²) in [7, 11) is 0. The number of allylic oxidation sites excluding steroid dienone is 4. The molecule has 10 heteroatoms. The van der Waals surface area contributed by atoms with Gasteiger partial charge in [-0.1, -0.05) is 121 Å². The molecule has 2 N–H and O–H groups in total. The van der Waals surface area contributed by atoms with Crippen LogP contribution in [0.3, 0.4) is 0 Å². The molecule has 0 saturated carbocycles. The van der Waals surface area contributed by atoms with Crippen molar-refractivity contribution in [2.75, 3.05) is 10.6 Å². The lowest BCUT2D eigenvalue weighted by molar-refractivity contribution is -0.122. The van der Waals surface area contributed by atoms with Crippen molar-refractivity contribution in [3.05, 3.63) is 226 Å². The Morgan fingerprint density at radius 3 is 1.60 bits per heavy atom. The van der Waals surface area contributed by atoms with Gasteiger partial charge in [0.1, 0.15) is 0 Å². The Morgan fingerprint density at radius 1 is 0.543 bits per heavy atom. The Morgan fingerprint density at radius 2 is 1.06 bits per heavy atom. The Labute approximate surface area is 417 Å². The second kappa shape index (κ2) is 20.1. The normalized spacial score (nSPS) is 20.6. The molecule has 8 aromatic rings. The van der Waals surface area contributed by atoms with Crippen LogP contribution >= 0.6 is 22.7 Å². The maximum Gasteiger partial charge on any atom is 0.230 e. The maximum atomic E-state index is 13.5. The molecule has 4 heterocycles. The summed E-state index contributed by atoms with van der Waals surface area (Å²) in [6.07, 6.45) is 25.6. The number of rotatable bonds is 10. The van der Waals surface area contributed by atoms with E-state index in [1.54, 1.807) is 0 Å². The van der Waals surface area contributed by atoms with Crippen LogP contribution in [-0.4, -0.2) is 31.8 Å². The number of pyridine rings is 2. The van der Waals surface area contributed by atoms with Gasteiger partial charge in [0.05, 0.1) is 23.2 Å². The van der Waals surface area contributed by atoms with E-state index >= 15 is 0 Å². The molecule has 4 aromatic heterocycles. The fourth-order valence-corrected chi connectivity index (χ4v) is 12.9. The molecule has 8 nitrogen and oxygen atoms in total. The van der Waals surface area contributed by atoms with Gasteiger partial charge in [0.25, 0.3) is 0 Å². The third kappa shape index (κ3) is 9.33. The number of amides is 2. The number of thiazole rings is 2. The van der Waals surface area contributed by atoms with Crippen molar-refractivity contribution in [2.24, 2.45) is 11.8 Å². The van der Waals surface area contributed by atoms with Gasteiger partial charge in [0, 0.05) is 59.2 Å². The molecule has 70 heavy (non-hydrogen) atoms. The van der Waals surface area contributed by atoms with Crippen LogP contribution in [0.2, 0.25) is 0 Å². The van der Waals surface area contributed by atoms with Gasteiger partial charge >= 0.3 is 0 Å². The van der Waals surface area contributed by atoms with Crippen LogP contribution < -0.4 is 10.6 Å². The van der Waals surface area contributed by atoms with E-state index in [0.717, 1.165) is 86.7 Å². The number of carbonyl (C=O) groups is 2. The molecule has 0 aliphatic heterocycles. The summed E-state index contributed by atoms with van der Waals surface area (Å²) in [4.78, 5) is 44.7. The highest BCUT2D eigenvalue weighted by Crippen LogP contribution is 2.52. The monoisotopic (exact) mass is 954 g/mol. The lowest BCUT2D eigenvalue weighted by Gasteiger charge is -2.37. The number of hydrogen-bond acceptors (Lipinski definition) is 8. The molecular weight excluding hydrogens is 901 g/mol. The van der Waals surface area contributed by atoms with Gasteiger partial charge in [-0.2, -0.15) is 0 Å². The van der Waals surface area contributed by atoms with Gasteiger partial charge in [-0.3, -0.25) is 19.6 Å². The predicted octanol–water partition coefficient (Wildman–Crippen LogP) is 13.2. The Kier molecular flexibility index (Phi) is 13.0. The second-order valence-corrected chi connectivity index (χ2v) is 20.7. The van der Waals surface area contributed by atoms with Gasteiger partial charge in [0.2, 0.25) is 11.8 Å². The second-order valence-electron chi connectivity index (χ2n) is 19.0. The highest BCUT2D eigenvalue weighted by Gasteiger charge is 2.50. The third-order valence-electron chi connectivity index (χ3n) is 14.9. The highest BCUT2D eigenvalue weighted by atomic mass is 32.1. The van der Waals surface area contributed by atoms with E-state index in [-0.39, 0.29) is 34.5 Å². The fourth-order valence-electron chi connectivity index (χ4n) is 11.4. The summed E-state index contributed by atoms with van der Waals surface area (Å²) in [5.74, 6) is 0.0249. The van der Waals surface area contributed by atoms with Crippen molar-refractivity contribution < 1.29 is 9.59 Å². The van der Waals surface area contributed by atoms with E-state index in [0.29, 0.717) is 10.3 Å². The van der Waals surface area contributed by atoms with Crippen molar-refractivity contribution >= 4 is 44.8 Å². The van der Waals surface area contributed by atoms with Crippen molar-refractivity contribution in [1.29, 1.82) is 0 Å². The molecular formula is C60H54N6O2S2. The third-order valence-corrected chi connectivity index (χ3v) is 16.5. The van der Waals surface area contributed by atoms with Gasteiger partial charge < -0.3 is 10.6 Å². The largest absolute Gasteiger partial charge is 0.302 e. The minimum atomic E-state index is -0.185. The molecule has 0 fully saturated rings. The zero-order valence-corrected chi connectivity index (χ0v) is 40.6. The minimum absolute atomic E-state index is 0.0575. The minimum Gasteiger partial charge on any atom is -0.302 e. The number of carbonyl (C=O) groups excluding carboxylic acids is 2.